The van der Waals surface area contributed by atoms with Crippen LogP contribution in [-0.2, 0) is 12.8 Å². The van der Waals surface area contributed by atoms with Crippen LogP contribution >= 0.6 is 0 Å². The van der Waals surface area contributed by atoms with Gasteiger partial charge in [0, 0.05) is 6.54 Å². The summed E-state index contributed by atoms with van der Waals surface area (Å²) in [6.45, 7) is 7.00. The monoisotopic (exact) mass is 180 g/mol. The van der Waals surface area contributed by atoms with Crippen LogP contribution in [0.5, 0.6) is 0 Å². The molecular formula is C9H16N4. The fraction of sp³-hybridized carbons (Fsp3) is 0.667. The summed E-state index contributed by atoms with van der Waals surface area (Å²) < 4.78 is 0. The highest BCUT2D eigenvalue weighted by atomic mass is 15.2. The number of nitrogens with zero attached hydrogens (tertiary/aromatic N) is 3. The lowest BCUT2D eigenvalue weighted by molar-refractivity contribution is 0.822. The predicted molar refractivity (Wildman–Crippen MR) is 52.7 cm³/mol. The van der Waals surface area contributed by atoms with Gasteiger partial charge < -0.3 is 5.32 Å². The Bertz CT molecular complexity index is 272. The van der Waals surface area contributed by atoms with E-state index in [1.165, 1.54) is 0 Å². The molecule has 0 fully saturated rings. The highest BCUT2D eigenvalue weighted by Gasteiger charge is 2.04. The molecule has 0 aliphatic rings. The molecule has 0 unspecified atom stereocenters. The van der Waals surface area contributed by atoms with Crippen LogP contribution in [0.2, 0.25) is 0 Å². The smallest absolute Gasteiger partial charge is 0.242 e. The number of nitrogens with one attached hydrogen (secondary N) is 1. The number of rotatable bonds is 4. The van der Waals surface area contributed by atoms with E-state index in [0.29, 0.717) is 5.95 Å². The van der Waals surface area contributed by atoms with Crippen molar-refractivity contribution in [2.75, 3.05) is 11.9 Å². The van der Waals surface area contributed by atoms with E-state index in [1.54, 1.807) is 0 Å². The maximum Gasteiger partial charge on any atom is 0.242 e. The molecule has 4 nitrogen and oxygen atoms in total. The highest BCUT2D eigenvalue weighted by Crippen LogP contribution is 2.05. The van der Waals surface area contributed by atoms with Gasteiger partial charge in [-0.15, -0.1) is 5.10 Å². The van der Waals surface area contributed by atoms with Gasteiger partial charge in [-0.25, -0.2) is 4.98 Å². The molecule has 0 saturated carbocycles. The first kappa shape index (κ1) is 9.89. The van der Waals surface area contributed by atoms with Crippen molar-refractivity contribution in [3.63, 3.8) is 0 Å². The molecule has 0 aromatic carbocycles. The van der Waals surface area contributed by atoms with Crippen molar-refractivity contribution in [1.82, 2.24) is 15.2 Å². The Kier molecular flexibility index (Phi) is 3.61. The summed E-state index contributed by atoms with van der Waals surface area (Å²) in [7, 11) is 0. The van der Waals surface area contributed by atoms with Crippen LogP contribution in [0, 0.1) is 0 Å². The van der Waals surface area contributed by atoms with E-state index in [2.05, 4.69) is 34.3 Å². The molecule has 72 valence electrons. The van der Waals surface area contributed by atoms with Gasteiger partial charge in [-0.3, -0.25) is 0 Å². The number of aryl methyl sites for hydroxylation is 2. The van der Waals surface area contributed by atoms with Gasteiger partial charge in [0.2, 0.25) is 5.95 Å². The molecule has 1 rings (SSSR count). The summed E-state index contributed by atoms with van der Waals surface area (Å²) in [6, 6.07) is 0. The van der Waals surface area contributed by atoms with Crippen LogP contribution in [0.1, 0.15) is 32.2 Å². The fourth-order valence-electron chi connectivity index (χ4n) is 1.17. The summed E-state index contributed by atoms with van der Waals surface area (Å²) in [5, 5.41) is 11.1. The van der Waals surface area contributed by atoms with Gasteiger partial charge in [0.25, 0.3) is 0 Å². The van der Waals surface area contributed by atoms with E-state index >= 15 is 0 Å². The topological polar surface area (TPSA) is 50.7 Å². The third kappa shape index (κ3) is 2.37. The molecule has 0 radical (unpaired) electrons. The summed E-state index contributed by atoms with van der Waals surface area (Å²) in [5.41, 5.74) is 2.05. The van der Waals surface area contributed by atoms with Crippen molar-refractivity contribution in [2.24, 2.45) is 0 Å². The summed E-state index contributed by atoms with van der Waals surface area (Å²) in [5.74, 6) is 0.636. The van der Waals surface area contributed by atoms with E-state index in [9.17, 15) is 0 Å². The number of hydrogen-bond acceptors (Lipinski definition) is 4. The lowest BCUT2D eigenvalue weighted by Gasteiger charge is -2.05. The van der Waals surface area contributed by atoms with Crippen molar-refractivity contribution >= 4 is 5.95 Å². The molecule has 0 aliphatic heterocycles. The van der Waals surface area contributed by atoms with Gasteiger partial charge in [0.05, 0.1) is 11.4 Å². The minimum atomic E-state index is 0.636. The standard InChI is InChI=1S/C9H16N4/c1-4-7-8(5-2)12-13-9(11-7)10-6-3/h4-6H2,1-3H3,(H,10,11,13). The summed E-state index contributed by atoms with van der Waals surface area (Å²) in [6.07, 6.45) is 1.81. The van der Waals surface area contributed by atoms with Gasteiger partial charge in [0.1, 0.15) is 0 Å². The Balaban J connectivity index is 2.91. The number of hydrogen-bond donors (Lipinski definition) is 1. The Hall–Kier alpha value is -1.19. The molecule has 0 amide bonds. The van der Waals surface area contributed by atoms with Crippen molar-refractivity contribution in [1.29, 1.82) is 0 Å². The fourth-order valence-corrected chi connectivity index (χ4v) is 1.17. The molecule has 0 spiro atoms. The zero-order valence-corrected chi connectivity index (χ0v) is 8.46. The van der Waals surface area contributed by atoms with Gasteiger partial charge in [-0.1, -0.05) is 13.8 Å². The molecule has 0 atom stereocenters. The van der Waals surface area contributed by atoms with Crippen molar-refractivity contribution < 1.29 is 0 Å². The lowest BCUT2D eigenvalue weighted by atomic mass is 10.2. The lowest BCUT2D eigenvalue weighted by Crippen LogP contribution is -2.08. The maximum absolute atomic E-state index is 4.37. The zero-order valence-electron chi connectivity index (χ0n) is 8.46. The first-order valence-electron chi connectivity index (χ1n) is 4.78. The van der Waals surface area contributed by atoms with E-state index in [-0.39, 0.29) is 0 Å². The third-order valence-electron chi connectivity index (χ3n) is 1.84. The molecule has 0 saturated heterocycles. The van der Waals surface area contributed by atoms with Crippen LogP contribution in [0.4, 0.5) is 5.95 Å². The largest absolute Gasteiger partial charge is 0.353 e. The molecule has 1 heterocycles. The minimum absolute atomic E-state index is 0.636. The molecule has 13 heavy (non-hydrogen) atoms. The Morgan fingerprint density at radius 3 is 2.23 bits per heavy atom. The normalized spacial score (nSPS) is 10.1. The highest BCUT2D eigenvalue weighted by molar-refractivity contribution is 5.25. The molecule has 4 heteroatoms. The van der Waals surface area contributed by atoms with Crippen LogP contribution in [0.25, 0.3) is 0 Å². The van der Waals surface area contributed by atoms with Crippen molar-refractivity contribution in [3.8, 4) is 0 Å². The zero-order chi connectivity index (χ0) is 9.68. The maximum atomic E-state index is 4.37. The minimum Gasteiger partial charge on any atom is -0.353 e. The second-order valence-electron chi connectivity index (χ2n) is 2.77. The Morgan fingerprint density at radius 1 is 1.00 bits per heavy atom. The average molecular weight is 180 g/mol. The van der Waals surface area contributed by atoms with Crippen LogP contribution in [-0.4, -0.2) is 21.7 Å². The van der Waals surface area contributed by atoms with Crippen molar-refractivity contribution in [2.45, 2.75) is 33.6 Å². The third-order valence-corrected chi connectivity index (χ3v) is 1.84. The van der Waals surface area contributed by atoms with Crippen LogP contribution in [0.3, 0.4) is 0 Å². The molecule has 1 aromatic heterocycles. The Labute approximate surface area is 78.8 Å². The molecule has 1 aromatic rings. The average Bonchev–Trinajstić information content (AvgIpc) is 2.18. The first-order valence-corrected chi connectivity index (χ1v) is 4.78. The van der Waals surface area contributed by atoms with E-state index in [4.69, 9.17) is 0 Å². The molecule has 0 aliphatic carbocycles. The molecular weight excluding hydrogens is 164 g/mol. The second kappa shape index (κ2) is 4.74. The van der Waals surface area contributed by atoms with Gasteiger partial charge in [-0.2, -0.15) is 5.10 Å². The second-order valence-corrected chi connectivity index (χ2v) is 2.77. The molecule has 0 bridgehead atoms. The number of anilines is 1. The predicted octanol–water partition coefficient (Wildman–Crippen LogP) is 1.43. The SMILES string of the molecule is CCNc1nnc(CC)c(CC)n1. The van der Waals surface area contributed by atoms with Crippen LogP contribution in [0.15, 0.2) is 0 Å². The summed E-state index contributed by atoms with van der Waals surface area (Å²) in [4.78, 5) is 4.37. The van der Waals surface area contributed by atoms with Gasteiger partial charge >= 0.3 is 0 Å². The quantitative estimate of drug-likeness (QED) is 0.761. The van der Waals surface area contributed by atoms with Gasteiger partial charge in [-0.05, 0) is 19.8 Å². The van der Waals surface area contributed by atoms with Crippen molar-refractivity contribution in [3.05, 3.63) is 11.4 Å². The van der Waals surface area contributed by atoms with Gasteiger partial charge in [0.15, 0.2) is 0 Å². The number of aromatic nitrogens is 3. The molecule has 1 N–H and O–H groups in total. The first-order chi connectivity index (χ1) is 6.31. The van der Waals surface area contributed by atoms with E-state index in [0.717, 1.165) is 30.8 Å². The van der Waals surface area contributed by atoms with Crippen LogP contribution < -0.4 is 5.32 Å². The summed E-state index contributed by atoms with van der Waals surface area (Å²) >= 11 is 0. The van der Waals surface area contributed by atoms with E-state index in [1.807, 2.05) is 6.92 Å². The van der Waals surface area contributed by atoms with E-state index < -0.39 is 0 Å². The Morgan fingerprint density at radius 2 is 1.69 bits per heavy atom.